The van der Waals surface area contributed by atoms with Gasteiger partial charge in [0.1, 0.15) is 11.6 Å². The number of benzene rings is 3. The van der Waals surface area contributed by atoms with Crippen molar-refractivity contribution in [3.63, 3.8) is 0 Å². The number of halogens is 1. The Labute approximate surface area is 156 Å². The molecule has 5 heteroatoms. The second kappa shape index (κ2) is 7.02. The topological polar surface area (TPSA) is 57.0 Å². The standard InChI is InChI=1S/C21H16ClN3O/c22-15-10-11-17-16(12-15)21(14-6-2-1-3-7-14)23-13-20(24-17)25-18-8-4-5-9-19(18)26/h1-12,26H,13H2,(H,24,25). The van der Waals surface area contributed by atoms with Crippen molar-refractivity contribution in [3.8, 4) is 5.75 Å². The van der Waals surface area contributed by atoms with Crippen molar-refractivity contribution < 1.29 is 5.11 Å². The molecule has 1 aliphatic heterocycles. The van der Waals surface area contributed by atoms with E-state index in [1.54, 1.807) is 18.2 Å². The van der Waals surface area contributed by atoms with Crippen molar-refractivity contribution >= 4 is 34.5 Å². The zero-order valence-electron chi connectivity index (χ0n) is 13.9. The molecule has 26 heavy (non-hydrogen) atoms. The first-order chi connectivity index (χ1) is 12.7. The van der Waals surface area contributed by atoms with Crippen LogP contribution in [0.3, 0.4) is 0 Å². The van der Waals surface area contributed by atoms with Gasteiger partial charge in [-0.05, 0) is 30.3 Å². The van der Waals surface area contributed by atoms with E-state index < -0.39 is 0 Å². The summed E-state index contributed by atoms with van der Waals surface area (Å²) in [5.74, 6) is 0.823. The molecule has 2 N–H and O–H groups in total. The van der Waals surface area contributed by atoms with Crippen molar-refractivity contribution in [2.75, 3.05) is 11.9 Å². The Morgan fingerprint density at radius 3 is 2.50 bits per heavy atom. The molecule has 0 fully saturated rings. The Balaban J connectivity index is 1.78. The Bertz CT molecular complexity index is 1010. The van der Waals surface area contributed by atoms with Gasteiger partial charge in [-0.15, -0.1) is 0 Å². The summed E-state index contributed by atoms with van der Waals surface area (Å²) in [6.07, 6.45) is 0. The van der Waals surface area contributed by atoms with E-state index in [9.17, 15) is 5.11 Å². The molecule has 3 aromatic rings. The van der Waals surface area contributed by atoms with E-state index >= 15 is 0 Å². The summed E-state index contributed by atoms with van der Waals surface area (Å²) in [4.78, 5) is 9.48. The van der Waals surface area contributed by atoms with Crippen LogP contribution in [0, 0.1) is 0 Å². The highest BCUT2D eigenvalue weighted by atomic mass is 35.5. The van der Waals surface area contributed by atoms with Crippen LogP contribution in [0.5, 0.6) is 5.75 Å². The van der Waals surface area contributed by atoms with Gasteiger partial charge in [0, 0.05) is 16.1 Å². The van der Waals surface area contributed by atoms with E-state index in [4.69, 9.17) is 21.6 Å². The molecular weight excluding hydrogens is 346 g/mol. The number of rotatable bonds is 2. The van der Waals surface area contributed by atoms with Crippen molar-refractivity contribution in [1.29, 1.82) is 0 Å². The molecule has 4 nitrogen and oxygen atoms in total. The summed E-state index contributed by atoms with van der Waals surface area (Å²) in [5.41, 5.74) is 4.13. The molecule has 0 aliphatic carbocycles. The number of anilines is 1. The predicted molar refractivity (Wildman–Crippen MR) is 107 cm³/mol. The number of nitrogens with zero attached hydrogens (tertiary/aromatic N) is 2. The number of phenols is 1. The molecule has 0 atom stereocenters. The van der Waals surface area contributed by atoms with Gasteiger partial charge >= 0.3 is 0 Å². The monoisotopic (exact) mass is 361 g/mol. The second-order valence-corrected chi connectivity index (χ2v) is 6.33. The average molecular weight is 362 g/mol. The molecule has 0 saturated carbocycles. The van der Waals surface area contributed by atoms with Crippen LogP contribution < -0.4 is 5.32 Å². The van der Waals surface area contributed by atoms with Gasteiger partial charge in [0.25, 0.3) is 0 Å². The number of hydrogen-bond donors (Lipinski definition) is 2. The Kier molecular flexibility index (Phi) is 4.42. The highest BCUT2D eigenvalue weighted by Crippen LogP contribution is 2.29. The maximum absolute atomic E-state index is 10.0. The minimum Gasteiger partial charge on any atom is -0.506 e. The second-order valence-electron chi connectivity index (χ2n) is 5.89. The molecule has 128 valence electrons. The first kappa shape index (κ1) is 16.4. The van der Waals surface area contributed by atoms with Gasteiger partial charge in [-0.2, -0.15) is 0 Å². The zero-order chi connectivity index (χ0) is 17.9. The number of amidine groups is 1. The number of para-hydroxylation sites is 2. The number of fused-ring (bicyclic) bond motifs is 1. The molecule has 1 heterocycles. The highest BCUT2D eigenvalue weighted by molar-refractivity contribution is 6.31. The summed E-state index contributed by atoms with van der Waals surface area (Å²) in [7, 11) is 0. The van der Waals surface area contributed by atoms with E-state index in [2.05, 4.69) is 5.32 Å². The lowest BCUT2D eigenvalue weighted by Gasteiger charge is -2.09. The summed E-state index contributed by atoms with van der Waals surface area (Å²) < 4.78 is 0. The van der Waals surface area contributed by atoms with Gasteiger partial charge in [0.2, 0.25) is 0 Å². The summed E-state index contributed by atoms with van der Waals surface area (Å²) >= 11 is 6.22. The smallest absolute Gasteiger partial charge is 0.139 e. The Hall–Kier alpha value is -3.11. The fourth-order valence-corrected chi connectivity index (χ4v) is 3.03. The van der Waals surface area contributed by atoms with Crippen LogP contribution in [0.25, 0.3) is 0 Å². The molecule has 3 aromatic carbocycles. The third-order valence-corrected chi connectivity index (χ3v) is 4.32. The van der Waals surface area contributed by atoms with Crippen LogP contribution in [0.1, 0.15) is 11.1 Å². The van der Waals surface area contributed by atoms with Crippen LogP contribution in [-0.2, 0) is 0 Å². The van der Waals surface area contributed by atoms with Crippen LogP contribution in [-0.4, -0.2) is 23.2 Å². The van der Waals surface area contributed by atoms with Gasteiger partial charge in [-0.1, -0.05) is 54.1 Å². The minimum atomic E-state index is 0.169. The lowest BCUT2D eigenvalue weighted by molar-refractivity contribution is 0.478. The van der Waals surface area contributed by atoms with E-state index in [1.165, 1.54) is 0 Å². The number of aromatic hydroxyl groups is 1. The maximum atomic E-state index is 10.0. The van der Waals surface area contributed by atoms with Crippen LogP contribution in [0.15, 0.2) is 82.8 Å². The molecule has 0 amide bonds. The van der Waals surface area contributed by atoms with E-state index in [1.807, 2.05) is 54.6 Å². The van der Waals surface area contributed by atoms with E-state index in [0.717, 1.165) is 22.5 Å². The van der Waals surface area contributed by atoms with Crippen molar-refractivity contribution in [2.45, 2.75) is 0 Å². The van der Waals surface area contributed by atoms with E-state index in [0.29, 0.717) is 23.1 Å². The number of nitrogens with one attached hydrogen (secondary N) is 1. The Morgan fingerprint density at radius 1 is 0.923 bits per heavy atom. The molecule has 1 aliphatic rings. The van der Waals surface area contributed by atoms with Crippen LogP contribution in [0.2, 0.25) is 5.02 Å². The quantitative estimate of drug-likeness (QED) is 0.628. The lowest BCUT2D eigenvalue weighted by atomic mass is 10.0. The highest BCUT2D eigenvalue weighted by Gasteiger charge is 2.17. The third kappa shape index (κ3) is 3.32. The molecular formula is C21H16ClN3O. The fourth-order valence-electron chi connectivity index (χ4n) is 2.86. The van der Waals surface area contributed by atoms with Crippen molar-refractivity contribution in [3.05, 3.63) is 88.9 Å². The van der Waals surface area contributed by atoms with Gasteiger partial charge in [0.15, 0.2) is 0 Å². The minimum absolute atomic E-state index is 0.169. The van der Waals surface area contributed by atoms with Gasteiger partial charge in [-0.25, -0.2) is 4.99 Å². The molecule has 0 radical (unpaired) electrons. The van der Waals surface area contributed by atoms with Gasteiger partial charge in [-0.3, -0.25) is 4.99 Å². The summed E-state index contributed by atoms with van der Waals surface area (Å²) in [6, 6.07) is 22.6. The molecule has 0 unspecified atom stereocenters. The normalized spacial score (nSPS) is 13.3. The third-order valence-electron chi connectivity index (χ3n) is 4.09. The van der Waals surface area contributed by atoms with E-state index in [-0.39, 0.29) is 5.75 Å². The summed E-state index contributed by atoms with van der Waals surface area (Å²) in [5, 5.41) is 13.8. The number of phenolic OH excluding ortho intramolecular Hbond substituents is 1. The lowest BCUT2D eigenvalue weighted by Crippen LogP contribution is -2.15. The molecule has 0 bridgehead atoms. The predicted octanol–water partition coefficient (Wildman–Crippen LogP) is 5.04. The zero-order valence-corrected chi connectivity index (χ0v) is 14.6. The SMILES string of the molecule is Oc1ccccc1NC1=Nc2ccc(Cl)cc2C(c2ccccc2)=NC1. The molecule has 0 spiro atoms. The first-order valence-corrected chi connectivity index (χ1v) is 8.61. The van der Waals surface area contributed by atoms with Crippen molar-refractivity contribution in [1.82, 2.24) is 0 Å². The molecule has 0 saturated heterocycles. The maximum Gasteiger partial charge on any atom is 0.139 e. The number of hydrogen-bond acceptors (Lipinski definition) is 4. The van der Waals surface area contributed by atoms with Gasteiger partial charge < -0.3 is 10.4 Å². The Morgan fingerprint density at radius 2 is 1.69 bits per heavy atom. The summed E-state index contributed by atoms with van der Waals surface area (Å²) in [6.45, 7) is 0.366. The fraction of sp³-hybridized carbons (Fsp3) is 0.0476. The van der Waals surface area contributed by atoms with Gasteiger partial charge in [0.05, 0.1) is 23.6 Å². The number of aliphatic imine (C=N–C) groups is 2. The van der Waals surface area contributed by atoms with Crippen LogP contribution >= 0.6 is 11.6 Å². The largest absolute Gasteiger partial charge is 0.506 e. The molecule has 4 rings (SSSR count). The molecule has 0 aromatic heterocycles. The first-order valence-electron chi connectivity index (χ1n) is 8.23. The van der Waals surface area contributed by atoms with Crippen LogP contribution in [0.4, 0.5) is 11.4 Å². The van der Waals surface area contributed by atoms with Crippen molar-refractivity contribution in [2.24, 2.45) is 9.98 Å². The average Bonchev–Trinajstić information content (AvgIpc) is 2.83.